The van der Waals surface area contributed by atoms with E-state index in [1.54, 1.807) is 0 Å². The number of carbonyl (C=O) groups is 1. The summed E-state index contributed by atoms with van der Waals surface area (Å²) in [6.07, 6.45) is 4.33. The van der Waals surface area contributed by atoms with E-state index >= 15 is 0 Å². The fourth-order valence-corrected chi connectivity index (χ4v) is 2.76. The highest BCUT2D eigenvalue weighted by atomic mass is 16.5. The second-order valence-electron chi connectivity index (χ2n) is 5.85. The summed E-state index contributed by atoms with van der Waals surface area (Å²) in [5.74, 6) is 0.965. The van der Waals surface area contributed by atoms with Crippen LogP contribution in [0.1, 0.15) is 31.2 Å². The van der Waals surface area contributed by atoms with Crippen LogP contribution in [0.15, 0.2) is 30.3 Å². The van der Waals surface area contributed by atoms with Gasteiger partial charge in [0, 0.05) is 13.2 Å². The third kappa shape index (κ3) is 5.86. The van der Waals surface area contributed by atoms with E-state index in [-0.39, 0.29) is 12.5 Å². The van der Waals surface area contributed by atoms with Crippen molar-refractivity contribution in [3.8, 4) is 0 Å². The topological polar surface area (TPSA) is 58.6 Å². The summed E-state index contributed by atoms with van der Waals surface area (Å²) >= 11 is 0. The van der Waals surface area contributed by atoms with E-state index < -0.39 is 0 Å². The van der Waals surface area contributed by atoms with Gasteiger partial charge in [0.2, 0.25) is 5.91 Å². The molecule has 1 aromatic rings. The summed E-state index contributed by atoms with van der Waals surface area (Å²) in [4.78, 5) is 11.7. The van der Waals surface area contributed by atoms with Crippen molar-refractivity contribution in [3.63, 3.8) is 0 Å². The van der Waals surface area contributed by atoms with E-state index in [9.17, 15) is 4.79 Å². The van der Waals surface area contributed by atoms with E-state index in [0.717, 1.165) is 37.8 Å². The lowest BCUT2D eigenvalue weighted by Crippen LogP contribution is -2.34. The van der Waals surface area contributed by atoms with Crippen molar-refractivity contribution in [2.75, 3.05) is 19.8 Å². The number of amides is 1. The molecule has 0 aromatic heterocycles. The lowest BCUT2D eigenvalue weighted by Gasteiger charge is -2.27. The Kier molecular flexibility index (Phi) is 6.70. The molecule has 2 N–H and O–H groups in total. The van der Waals surface area contributed by atoms with Crippen LogP contribution in [-0.2, 0) is 16.1 Å². The maximum absolute atomic E-state index is 11.7. The van der Waals surface area contributed by atoms with Crippen LogP contribution in [0.5, 0.6) is 0 Å². The minimum absolute atomic E-state index is 0.0461. The molecular formula is C17H25NO3. The van der Waals surface area contributed by atoms with Gasteiger partial charge in [-0.2, -0.15) is 0 Å². The van der Waals surface area contributed by atoms with Crippen molar-refractivity contribution in [1.82, 2.24) is 5.32 Å². The summed E-state index contributed by atoms with van der Waals surface area (Å²) in [6.45, 7) is 1.61. The molecular weight excluding hydrogens is 266 g/mol. The van der Waals surface area contributed by atoms with Gasteiger partial charge in [-0.3, -0.25) is 4.79 Å². The zero-order valence-electron chi connectivity index (χ0n) is 12.5. The van der Waals surface area contributed by atoms with Crippen molar-refractivity contribution >= 4 is 5.91 Å². The number of aliphatic hydroxyl groups excluding tert-OH is 1. The van der Waals surface area contributed by atoms with Crippen molar-refractivity contribution in [2.45, 2.75) is 32.3 Å². The number of nitrogens with one attached hydrogen (secondary N) is 1. The van der Waals surface area contributed by atoms with Crippen molar-refractivity contribution in [1.29, 1.82) is 0 Å². The largest absolute Gasteiger partial charge is 0.396 e. The summed E-state index contributed by atoms with van der Waals surface area (Å²) in [5.41, 5.74) is 1.08. The molecule has 1 aromatic carbocycles. The molecule has 0 saturated heterocycles. The quantitative estimate of drug-likeness (QED) is 0.809. The van der Waals surface area contributed by atoms with Crippen LogP contribution in [0.3, 0.4) is 0 Å². The second kappa shape index (κ2) is 8.80. The molecule has 4 nitrogen and oxygen atoms in total. The van der Waals surface area contributed by atoms with Crippen LogP contribution in [0, 0.1) is 11.8 Å². The minimum atomic E-state index is -0.0461. The lowest BCUT2D eigenvalue weighted by molar-refractivity contribution is -0.126. The second-order valence-corrected chi connectivity index (χ2v) is 5.85. The van der Waals surface area contributed by atoms with Crippen molar-refractivity contribution < 1.29 is 14.6 Å². The third-order valence-electron chi connectivity index (χ3n) is 4.16. The molecule has 2 rings (SSSR count). The molecule has 1 aliphatic rings. The molecule has 116 valence electrons. The number of hydrogen-bond donors (Lipinski definition) is 2. The Hall–Kier alpha value is -1.39. The molecule has 0 atom stereocenters. The van der Waals surface area contributed by atoms with Crippen LogP contribution in [-0.4, -0.2) is 30.8 Å². The zero-order valence-corrected chi connectivity index (χ0v) is 12.5. The molecule has 0 unspecified atom stereocenters. The van der Waals surface area contributed by atoms with Gasteiger partial charge in [-0.05, 0) is 43.1 Å². The van der Waals surface area contributed by atoms with Gasteiger partial charge in [-0.25, -0.2) is 0 Å². The van der Waals surface area contributed by atoms with Crippen LogP contribution >= 0.6 is 0 Å². The first kappa shape index (κ1) is 16.0. The standard InChI is InChI=1S/C17H25NO3/c19-11-15-8-6-14(7-9-15)10-18-17(20)13-21-12-16-4-2-1-3-5-16/h1-5,14-15,19H,6-13H2,(H,18,20). The Morgan fingerprint density at radius 3 is 2.48 bits per heavy atom. The first-order valence-corrected chi connectivity index (χ1v) is 7.77. The first-order valence-electron chi connectivity index (χ1n) is 7.77. The maximum Gasteiger partial charge on any atom is 0.246 e. The molecule has 1 amide bonds. The van der Waals surface area contributed by atoms with Gasteiger partial charge in [-0.15, -0.1) is 0 Å². The monoisotopic (exact) mass is 291 g/mol. The van der Waals surface area contributed by atoms with Crippen molar-refractivity contribution in [2.24, 2.45) is 11.8 Å². The Morgan fingerprint density at radius 2 is 1.81 bits per heavy atom. The van der Waals surface area contributed by atoms with E-state index in [1.165, 1.54) is 0 Å². The molecule has 1 aliphatic carbocycles. The van der Waals surface area contributed by atoms with Gasteiger partial charge < -0.3 is 15.2 Å². The Morgan fingerprint density at radius 1 is 1.14 bits per heavy atom. The highest BCUT2D eigenvalue weighted by Gasteiger charge is 2.20. The Balaban J connectivity index is 1.56. The van der Waals surface area contributed by atoms with Crippen LogP contribution in [0.25, 0.3) is 0 Å². The van der Waals surface area contributed by atoms with Gasteiger partial charge >= 0.3 is 0 Å². The average Bonchev–Trinajstić information content (AvgIpc) is 2.54. The van der Waals surface area contributed by atoms with Crippen LogP contribution in [0.2, 0.25) is 0 Å². The van der Waals surface area contributed by atoms with Crippen LogP contribution < -0.4 is 5.32 Å². The Labute approximate surface area is 126 Å². The highest BCUT2D eigenvalue weighted by Crippen LogP contribution is 2.27. The number of carbonyl (C=O) groups excluding carboxylic acids is 1. The molecule has 4 heteroatoms. The molecule has 0 heterocycles. The fourth-order valence-electron chi connectivity index (χ4n) is 2.76. The molecule has 1 fully saturated rings. The minimum Gasteiger partial charge on any atom is -0.396 e. The fraction of sp³-hybridized carbons (Fsp3) is 0.588. The van der Waals surface area contributed by atoms with Crippen molar-refractivity contribution in [3.05, 3.63) is 35.9 Å². The predicted molar refractivity (Wildman–Crippen MR) is 81.6 cm³/mol. The van der Waals surface area contributed by atoms with E-state index in [1.807, 2.05) is 30.3 Å². The Bertz CT molecular complexity index is 413. The van der Waals surface area contributed by atoms with Gasteiger partial charge in [0.25, 0.3) is 0 Å². The summed E-state index contributed by atoms with van der Waals surface area (Å²) in [5, 5.41) is 12.0. The zero-order chi connectivity index (χ0) is 14.9. The number of hydrogen-bond acceptors (Lipinski definition) is 3. The van der Waals surface area contributed by atoms with E-state index in [2.05, 4.69) is 5.32 Å². The molecule has 0 aliphatic heterocycles. The number of ether oxygens (including phenoxy) is 1. The molecule has 0 bridgehead atoms. The number of aliphatic hydroxyl groups is 1. The SMILES string of the molecule is O=C(COCc1ccccc1)NCC1CCC(CO)CC1. The molecule has 21 heavy (non-hydrogen) atoms. The maximum atomic E-state index is 11.7. The van der Waals surface area contributed by atoms with Gasteiger partial charge in [0.15, 0.2) is 0 Å². The number of benzene rings is 1. The predicted octanol–water partition coefficient (Wildman–Crippen LogP) is 2.12. The van der Waals surface area contributed by atoms with Crippen LogP contribution in [0.4, 0.5) is 0 Å². The molecule has 0 radical (unpaired) electrons. The number of rotatable bonds is 7. The summed E-state index contributed by atoms with van der Waals surface area (Å²) < 4.78 is 5.41. The van der Waals surface area contributed by atoms with Gasteiger partial charge in [0.1, 0.15) is 6.61 Å². The van der Waals surface area contributed by atoms with E-state index in [0.29, 0.717) is 25.0 Å². The first-order chi connectivity index (χ1) is 10.3. The average molecular weight is 291 g/mol. The smallest absolute Gasteiger partial charge is 0.246 e. The van der Waals surface area contributed by atoms with Gasteiger partial charge in [0.05, 0.1) is 6.61 Å². The summed E-state index contributed by atoms with van der Waals surface area (Å²) in [7, 11) is 0. The van der Waals surface area contributed by atoms with Gasteiger partial charge in [-0.1, -0.05) is 30.3 Å². The normalized spacial score (nSPS) is 22.0. The lowest BCUT2D eigenvalue weighted by atomic mass is 9.82. The molecule has 0 spiro atoms. The van der Waals surface area contributed by atoms with E-state index in [4.69, 9.17) is 9.84 Å². The highest BCUT2D eigenvalue weighted by molar-refractivity contribution is 5.77. The third-order valence-corrected chi connectivity index (χ3v) is 4.16. The summed E-state index contributed by atoms with van der Waals surface area (Å²) in [6, 6.07) is 9.85. The molecule has 1 saturated carbocycles.